The third kappa shape index (κ3) is 2.22. The van der Waals surface area contributed by atoms with Gasteiger partial charge in [0.1, 0.15) is 11.8 Å². The number of nitrogens with two attached hydrogens (primary N) is 1. The topological polar surface area (TPSA) is 60.4 Å². The molecule has 1 fully saturated rings. The lowest BCUT2D eigenvalue weighted by Crippen LogP contribution is -2.48. The maximum Gasteiger partial charge on any atom is 0.169 e. The molecule has 3 N–H and O–H groups in total. The number of rotatable bonds is 3. The van der Waals surface area contributed by atoms with Gasteiger partial charge in [-0.1, -0.05) is 12.1 Å². The van der Waals surface area contributed by atoms with Crippen molar-refractivity contribution in [3.63, 3.8) is 0 Å². The molecule has 1 aliphatic heterocycles. The van der Waals surface area contributed by atoms with Crippen molar-refractivity contribution in [3.05, 3.63) is 35.8 Å². The second kappa shape index (κ2) is 5.16. The molecule has 2 aromatic rings. The van der Waals surface area contributed by atoms with Crippen LogP contribution in [0.25, 0.3) is 11.0 Å². The Hall–Kier alpha value is -1.43. The van der Waals surface area contributed by atoms with Crippen LogP contribution in [0.15, 0.2) is 28.7 Å². The summed E-state index contributed by atoms with van der Waals surface area (Å²) in [6, 6.07) is 6.41. The van der Waals surface area contributed by atoms with Crippen molar-refractivity contribution in [2.24, 2.45) is 5.84 Å². The molecule has 20 heavy (non-hydrogen) atoms. The molecule has 0 radical (unpaired) electrons. The van der Waals surface area contributed by atoms with Gasteiger partial charge in [0.15, 0.2) is 11.4 Å². The number of hydrazine groups is 1. The molecule has 2 unspecified atom stereocenters. The highest BCUT2D eigenvalue weighted by Gasteiger charge is 2.39. The molecule has 0 amide bonds. The Kier molecular flexibility index (Phi) is 3.50. The molecule has 108 valence electrons. The second-order valence-electron chi connectivity index (χ2n) is 5.52. The van der Waals surface area contributed by atoms with Crippen LogP contribution < -0.4 is 11.3 Å². The summed E-state index contributed by atoms with van der Waals surface area (Å²) in [6.07, 6.45) is 3.03. The smallest absolute Gasteiger partial charge is 0.169 e. The molecular weight excluding hydrogens is 259 g/mol. The fourth-order valence-corrected chi connectivity index (χ4v) is 2.93. The Bertz CT molecular complexity index is 605. The third-order valence-electron chi connectivity index (χ3n) is 4.08. The minimum atomic E-state index is -0.433. The average molecular weight is 278 g/mol. The summed E-state index contributed by atoms with van der Waals surface area (Å²) >= 11 is 0. The standard InChI is InChI=1S/C15H19FN2O2/c1-15(7-2-3-8-19-15)14(18-17)12-9-10-5-4-6-11(16)13(10)20-12/h4-6,9,14,18H,2-3,7-8,17H2,1H3. The quantitative estimate of drug-likeness (QED) is 0.669. The number of hydrogen-bond acceptors (Lipinski definition) is 4. The maximum atomic E-state index is 13.7. The van der Waals surface area contributed by atoms with Gasteiger partial charge in [-0.3, -0.25) is 5.84 Å². The number of furan rings is 1. The molecule has 5 heteroatoms. The molecule has 4 nitrogen and oxygen atoms in total. The molecule has 2 atom stereocenters. The van der Waals surface area contributed by atoms with Crippen LogP contribution in [0.3, 0.4) is 0 Å². The summed E-state index contributed by atoms with van der Waals surface area (Å²) in [7, 11) is 0. The van der Waals surface area contributed by atoms with Gasteiger partial charge in [-0.05, 0) is 38.3 Å². The van der Waals surface area contributed by atoms with Crippen molar-refractivity contribution < 1.29 is 13.5 Å². The van der Waals surface area contributed by atoms with Crippen LogP contribution in [-0.4, -0.2) is 12.2 Å². The Morgan fingerprint density at radius 1 is 1.40 bits per heavy atom. The van der Waals surface area contributed by atoms with Gasteiger partial charge < -0.3 is 9.15 Å². The van der Waals surface area contributed by atoms with Crippen molar-refractivity contribution in [3.8, 4) is 0 Å². The van der Waals surface area contributed by atoms with Crippen molar-refractivity contribution in [2.45, 2.75) is 37.8 Å². The molecule has 0 aliphatic carbocycles. The van der Waals surface area contributed by atoms with Crippen molar-refractivity contribution in [2.75, 3.05) is 6.61 Å². The number of ether oxygens (including phenoxy) is 1. The fourth-order valence-electron chi connectivity index (χ4n) is 2.93. The number of fused-ring (bicyclic) bond motifs is 1. The third-order valence-corrected chi connectivity index (χ3v) is 4.08. The van der Waals surface area contributed by atoms with E-state index in [-0.39, 0.29) is 17.4 Å². The summed E-state index contributed by atoms with van der Waals surface area (Å²) in [5.74, 6) is 5.94. The van der Waals surface area contributed by atoms with E-state index < -0.39 is 5.60 Å². The van der Waals surface area contributed by atoms with Crippen molar-refractivity contribution >= 4 is 11.0 Å². The van der Waals surface area contributed by atoms with Crippen molar-refractivity contribution in [1.82, 2.24) is 5.43 Å². The first kappa shape index (κ1) is 13.5. The largest absolute Gasteiger partial charge is 0.456 e. The Morgan fingerprint density at radius 2 is 2.25 bits per heavy atom. The molecule has 2 heterocycles. The molecule has 1 saturated heterocycles. The molecule has 0 bridgehead atoms. The van der Waals surface area contributed by atoms with Crippen LogP contribution in [0, 0.1) is 5.82 Å². The predicted molar refractivity (Wildman–Crippen MR) is 74.4 cm³/mol. The monoisotopic (exact) mass is 278 g/mol. The SMILES string of the molecule is CC1(C(NN)c2cc3cccc(F)c3o2)CCCCO1. The van der Waals surface area contributed by atoms with E-state index in [1.807, 2.05) is 19.1 Å². The van der Waals surface area contributed by atoms with E-state index >= 15 is 0 Å². The van der Waals surface area contributed by atoms with Crippen LogP contribution in [-0.2, 0) is 4.74 Å². The lowest BCUT2D eigenvalue weighted by molar-refractivity contribution is -0.0934. The van der Waals surface area contributed by atoms with E-state index in [0.29, 0.717) is 12.4 Å². The highest BCUT2D eigenvalue weighted by Crippen LogP contribution is 2.38. The zero-order valence-electron chi connectivity index (χ0n) is 11.5. The first-order valence-corrected chi connectivity index (χ1v) is 6.92. The second-order valence-corrected chi connectivity index (χ2v) is 5.52. The summed E-state index contributed by atoms with van der Waals surface area (Å²) in [4.78, 5) is 0. The van der Waals surface area contributed by atoms with Gasteiger partial charge in [0.2, 0.25) is 0 Å². The van der Waals surface area contributed by atoms with E-state index in [9.17, 15) is 4.39 Å². The molecule has 1 aromatic carbocycles. The van der Waals surface area contributed by atoms with Crippen LogP contribution in [0.5, 0.6) is 0 Å². The fraction of sp³-hybridized carbons (Fsp3) is 0.467. The molecule has 3 rings (SSSR count). The molecule has 1 aromatic heterocycles. The highest BCUT2D eigenvalue weighted by atomic mass is 19.1. The van der Waals surface area contributed by atoms with Crippen molar-refractivity contribution in [1.29, 1.82) is 0 Å². The van der Waals surface area contributed by atoms with Crippen LogP contribution in [0.4, 0.5) is 4.39 Å². The summed E-state index contributed by atoms with van der Waals surface area (Å²) in [6.45, 7) is 2.73. The Labute approximate surface area is 117 Å². The summed E-state index contributed by atoms with van der Waals surface area (Å²) < 4.78 is 25.3. The van der Waals surface area contributed by atoms with Crippen LogP contribution >= 0.6 is 0 Å². The predicted octanol–water partition coefficient (Wildman–Crippen LogP) is 3.04. The van der Waals surface area contributed by atoms with E-state index in [0.717, 1.165) is 24.6 Å². The number of para-hydroxylation sites is 1. The minimum absolute atomic E-state index is 0.266. The number of halogens is 1. The van der Waals surface area contributed by atoms with E-state index in [2.05, 4.69) is 5.43 Å². The van der Waals surface area contributed by atoms with Gasteiger partial charge in [0.05, 0.1) is 5.60 Å². The van der Waals surface area contributed by atoms with Gasteiger partial charge >= 0.3 is 0 Å². The average Bonchev–Trinajstić information content (AvgIpc) is 2.85. The normalized spacial score (nSPS) is 24.9. The zero-order chi connectivity index (χ0) is 14.2. The lowest BCUT2D eigenvalue weighted by Gasteiger charge is -2.39. The van der Waals surface area contributed by atoms with Gasteiger partial charge in [-0.2, -0.15) is 0 Å². The van der Waals surface area contributed by atoms with Gasteiger partial charge in [0, 0.05) is 12.0 Å². The molecule has 0 spiro atoms. The summed E-state index contributed by atoms with van der Waals surface area (Å²) in [5.41, 5.74) is 2.60. The zero-order valence-corrected chi connectivity index (χ0v) is 11.5. The minimum Gasteiger partial charge on any atom is -0.456 e. The molecule has 1 aliphatic rings. The molecular formula is C15H19FN2O2. The van der Waals surface area contributed by atoms with Crippen LogP contribution in [0.1, 0.15) is 38.0 Å². The highest BCUT2D eigenvalue weighted by molar-refractivity contribution is 5.78. The maximum absolute atomic E-state index is 13.7. The summed E-state index contributed by atoms with van der Waals surface area (Å²) in [5, 5.41) is 0.736. The van der Waals surface area contributed by atoms with E-state index in [4.69, 9.17) is 15.0 Å². The number of nitrogens with one attached hydrogen (secondary N) is 1. The molecule has 0 saturated carbocycles. The first-order valence-electron chi connectivity index (χ1n) is 6.92. The number of benzene rings is 1. The van der Waals surface area contributed by atoms with Gasteiger partial charge in [-0.15, -0.1) is 0 Å². The first-order chi connectivity index (χ1) is 9.64. The van der Waals surface area contributed by atoms with E-state index in [1.54, 1.807) is 6.07 Å². The van der Waals surface area contributed by atoms with E-state index in [1.165, 1.54) is 6.07 Å². The Balaban J connectivity index is 2.00. The van der Waals surface area contributed by atoms with Gasteiger partial charge in [-0.25, -0.2) is 9.82 Å². The van der Waals surface area contributed by atoms with Gasteiger partial charge in [0.25, 0.3) is 0 Å². The lowest BCUT2D eigenvalue weighted by atomic mass is 9.87. The number of hydrogen-bond donors (Lipinski definition) is 2. The van der Waals surface area contributed by atoms with Crippen LogP contribution in [0.2, 0.25) is 0 Å². The Morgan fingerprint density at radius 3 is 2.90 bits per heavy atom.